The number of nitrogens with one attached hydrogen (secondary N) is 4. The molecule has 0 radical (unpaired) electrons. The van der Waals surface area contributed by atoms with E-state index in [1.165, 1.54) is 64.7 Å². The van der Waals surface area contributed by atoms with Gasteiger partial charge in [0.15, 0.2) is 0 Å². The van der Waals surface area contributed by atoms with Crippen LogP contribution in [0.4, 0.5) is 0 Å². The van der Waals surface area contributed by atoms with Crippen molar-refractivity contribution in [3.8, 4) is 0 Å². The van der Waals surface area contributed by atoms with Crippen LogP contribution in [-0.4, -0.2) is 52.4 Å². The zero-order valence-corrected chi connectivity index (χ0v) is 18.8. The topological polar surface area (TPSA) is 48.1 Å². The first-order valence-corrected chi connectivity index (χ1v) is 8.74. The Morgan fingerprint density at radius 3 is 0.792 bits per heavy atom. The lowest BCUT2D eigenvalue weighted by Gasteiger charge is -2.07. The molecule has 0 unspecified atom stereocenters. The van der Waals surface area contributed by atoms with Crippen molar-refractivity contribution in [2.45, 2.75) is 52.4 Å². The van der Waals surface area contributed by atoms with Gasteiger partial charge in [0.25, 0.3) is 0 Å². The normalized spacial score (nSPS) is 9.25. The van der Waals surface area contributed by atoms with Gasteiger partial charge in [-0.25, -0.2) is 0 Å². The summed E-state index contributed by atoms with van der Waals surface area (Å²) < 4.78 is 0. The summed E-state index contributed by atoms with van der Waals surface area (Å²) in [7, 11) is 0. The summed E-state index contributed by atoms with van der Waals surface area (Å²) in [5.41, 5.74) is 0. The standard InChI is InChI=1S/C16H38N4.4ClH/c1-3-17-11-5-7-13-19-15-9-10-16-20-14-8-6-12-18-4-2;;;;/h17-20H,3-16H2,1-2H3;4*1H. The summed E-state index contributed by atoms with van der Waals surface area (Å²) in [4.78, 5) is 0. The molecule has 0 bridgehead atoms. The maximum absolute atomic E-state index is 3.52. The third-order valence-electron chi connectivity index (χ3n) is 3.37. The Labute approximate surface area is 175 Å². The highest BCUT2D eigenvalue weighted by atomic mass is 35.5. The molecular formula is C16H42Cl4N4. The van der Waals surface area contributed by atoms with Crippen molar-refractivity contribution in [1.29, 1.82) is 0 Å². The first kappa shape index (κ1) is 36.0. The minimum atomic E-state index is 0. The van der Waals surface area contributed by atoms with Gasteiger partial charge in [-0.3, -0.25) is 0 Å². The molecule has 0 saturated carbocycles. The molecule has 0 aliphatic heterocycles. The average molecular weight is 432 g/mol. The lowest BCUT2D eigenvalue weighted by molar-refractivity contribution is 0.545. The van der Waals surface area contributed by atoms with E-state index in [0.29, 0.717) is 0 Å². The van der Waals surface area contributed by atoms with Crippen molar-refractivity contribution in [1.82, 2.24) is 21.3 Å². The molecule has 0 aliphatic rings. The second-order valence-electron chi connectivity index (χ2n) is 5.33. The van der Waals surface area contributed by atoms with E-state index in [4.69, 9.17) is 0 Å². The molecule has 154 valence electrons. The van der Waals surface area contributed by atoms with E-state index in [2.05, 4.69) is 35.1 Å². The van der Waals surface area contributed by atoms with Crippen molar-refractivity contribution in [2.75, 3.05) is 52.4 Å². The predicted molar refractivity (Wildman–Crippen MR) is 120 cm³/mol. The van der Waals surface area contributed by atoms with Gasteiger partial charge >= 0.3 is 0 Å². The zero-order valence-electron chi connectivity index (χ0n) is 15.5. The molecule has 0 aliphatic carbocycles. The van der Waals surface area contributed by atoms with Crippen molar-refractivity contribution in [3.05, 3.63) is 0 Å². The van der Waals surface area contributed by atoms with Gasteiger partial charge in [-0.2, -0.15) is 0 Å². The third-order valence-corrected chi connectivity index (χ3v) is 3.37. The Kier molecular flexibility index (Phi) is 52.8. The largest absolute Gasteiger partial charge is 0.317 e. The van der Waals surface area contributed by atoms with E-state index in [0.717, 1.165) is 26.2 Å². The van der Waals surface area contributed by atoms with Gasteiger partial charge in [0, 0.05) is 0 Å². The molecule has 0 rings (SSSR count). The molecule has 0 aromatic carbocycles. The Balaban J connectivity index is -0.000000301. The Morgan fingerprint density at radius 2 is 0.583 bits per heavy atom. The maximum Gasteiger partial charge on any atom is -0.00484 e. The molecular weight excluding hydrogens is 390 g/mol. The SMILES string of the molecule is CCNCCCCNCCCCNCCCCNCC.Cl.Cl.Cl.Cl. The molecule has 8 heteroatoms. The van der Waals surface area contributed by atoms with Crippen LogP contribution in [0.5, 0.6) is 0 Å². The van der Waals surface area contributed by atoms with E-state index < -0.39 is 0 Å². The summed E-state index contributed by atoms with van der Waals surface area (Å²) >= 11 is 0. The fraction of sp³-hybridized carbons (Fsp3) is 1.00. The molecule has 0 spiro atoms. The van der Waals surface area contributed by atoms with E-state index >= 15 is 0 Å². The van der Waals surface area contributed by atoms with Gasteiger partial charge in [0.05, 0.1) is 0 Å². The summed E-state index contributed by atoms with van der Waals surface area (Å²) in [5, 5.41) is 13.8. The summed E-state index contributed by atoms with van der Waals surface area (Å²) in [6.07, 6.45) is 7.73. The number of rotatable bonds is 17. The van der Waals surface area contributed by atoms with Crippen LogP contribution in [0.15, 0.2) is 0 Å². The summed E-state index contributed by atoms with van der Waals surface area (Å²) in [6, 6.07) is 0. The summed E-state index contributed by atoms with van der Waals surface area (Å²) in [6.45, 7) is 13.5. The van der Waals surface area contributed by atoms with Crippen LogP contribution in [0.1, 0.15) is 52.4 Å². The molecule has 0 atom stereocenters. The fourth-order valence-corrected chi connectivity index (χ4v) is 2.10. The van der Waals surface area contributed by atoms with E-state index in [1.54, 1.807) is 0 Å². The Morgan fingerprint density at radius 1 is 0.375 bits per heavy atom. The van der Waals surface area contributed by atoms with Crippen LogP contribution in [0.3, 0.4) is 0 Å². The second-order valence-corrected chi connectivity index (χ2v) is 5.33. The van der Waals surface area contributed by atoms with Crippen molar-refractivity contribution < 1.29 is 0 Å². The average Bonchev–Trinajstić information content (AvgIpc) is 2.47. The van der Waals surface area contributed by atoms with Crippen molar-refractivity contribution in [3.63, 3.8) is 0 Å². The molecule has 0 amide bonds. The van der Waals surface area contributed by atoms with Crippen LogP contribution in [0, 0.1) is 0 Å². The lowest BCUT2D eigenvalue weighted by atomic mass is 10.2. The van der Waals surface area contributed by atoms with Crippen LogP contribution >= 0.6 is 49.6 Å². The lowest BCUT2D eigenvalue weighted by Crippen LogP contribution is -2.22. The van der Waals surface area contributed by atoms with Crippen LogP contribution in [-0.2, 0) is 0 Å². The highest BCUT2D eigenvalue weighted by Gasteiger charge is 1.92. The fourth-order valence-electron chi connectivity index (χ4n) is 2.10. The van der Waals surface area contributed by atoms with Gasteiger partial charge in [-0.15, -0.1) is 49.6 Å². The highest BCUT2D eigenvalue weighted by Crippen LogP contribution is 1.89. The van der Waals surface area contributed by atoms with Crippen LogP contribution in [0.2, 0.25) is 0 Å². The molecule has 0 saturated heterocycles. The number of unbranched alkanes of at least 4 members (excludes halogenated alkanes) is 3. The predicted octanol–water partition coefficient (Wildman–Crippen LogP) is 3.41. The molecule has 24 heavy (non-hydrogen) atoms. The van der Waals surface area contributed by atoms with Crippen LogP contribution < -0.4 is 21.3 Å². The van der Waals surface area contributed by atoms with Crippen molar-refractivity contribution in [2.24, 2.45) is 0 Å². The van der Waals surface area contributed by atoms with Gasteiger partial charge in [0.1, 0.15) is 0 Å². The number of hydrogen-bond acceptors (Lipinski definition) is 4. The minimum absolute atomic E-state index is 0. The number of hydrogen-bond donors (Lipinski definition) is 4. The quantitative estimate of drug-likeness (QED) is 0.266. The third kappa shape index (κ3) is 34.4. The van der Waals surface area contributed by atoms with Gasteiger partial charge in [0.2, 0.25) is 0 Å². The van der Waals surface area contributed by atoms with Gasteiger partial charge < -0.3 is 21.3 Å². The molecule has 0 aromatic rings. The minimum Gasteiger partial charge on any atom is -0.317 e. The summed E-state index contributed by atoms with van der Waals surface area (Å²) in [5.74, 6) is 0. The van der Waals surface area contributed by atoms with Gasteiger partial charge in [-0.05, 0) is 90.9 Å². The second kappa shape index (κ2) is 35.2. The smallest absolute Gasteiger partial charge is 0.00484 e. The molecule has 0 aromatic heterocycles. The highest BCUT2D eigenvalue weighted by molar-refractivity contribution is 5.86. The molecule has 4 N–H and O–H groups in total. The molecule has 0 fully saturated rings. The van der Waals surface area contributed by atoms with E-state index in [-0.39, 0.29) is 49.6 Å². The first-order chi connectivity index (χ1) is 9.91. The molecule has 0 heterocycles. The monoisotopic (exact) mass is 430 g/mol. The zero-order chi connectivity index (χ0) is 14.7. The molecule has 4 nitrogen and oxygen atoms in total. The number of halogens is 4. The Bertz CT molecular complexity index is 162. The van der Waals surface area contributed by atoms with E-state index in [1.807, 2.05) is 0 Å². The van der Waals surface area contributed by atoms with Crippen molar-refractivity contribution >= 4 is 49.6 Å². The Hall–Kier alpha value is 1.00. The van der Waals surface area contributed by atoms with Gasteiger partial charge in [-0.1, -0.05) is 13.8 Å². The first-order valence-electron chi connectivity index (χ1n) is 8.74. The maximum atomic E-state index is 3.52. The van der Waals surface area contributed by atoms with E-state index in [9.17, 15) is 0 Å². The van der Waals surface area contributed by atoms with Crippen LogP contribution in [0.25, 0.3) is 0 Å².